The number of nitrogens with zero attached hydrogens (tertiary/aromatic N) is 1. The van der Waals surface area contributed by atoms with Crippen LogP contribution in [0.5, 0.6) is 0 Å². The lowest BCUT2D eigenvalue weighted by Gasteiger charge is -2.26. The highest BCUT2D eigenvalue weighted by molar-refractivity contribution is 6.11. The maximum atomic E-state index is 13.4. The Hall–Kier alpha value is -3.93. The molecule has 1 fully saturated rings. The van der Waals surface area contributed by atoms with Crippen molar-refractivity contribution < 1.29 is 18.4 Å². The molecule has 0 spiro atoms. The van der Waals surface area contributed by atoms with E-state index >= 15 is 0 Å². The molecule has 2 amide bonds. The van der Waals surface area contributed by atoms with Crippen LogP contribution in [-0.4, -0.2) is 36.9 Å². The van der Waals surface area contributed by atoms with Gasteiger partial charge in [-0.25, -0.2) is 4.39 Å². The second kappa shape index (κ2) is 9.14. The van der Waals surface area contributed by atoms with Gasteiger partial charge in [-0.3, -0.25) is 9.59 Å². The number of nitrogens with one attached hydrogen (secondary N) is 1. The molecule has 34 heavy (non-hydrogen) atoms. The lowest BCUT2D eigenvalue weighted by Crippen LogP contribution is -2.35. The third-order valence-corrected chi connectivity index (χ3v) is 6.33. The Kier molecular flexibility index (Phi) is 5.88. The fourth-order valence-electron chi connectivity index (χ4n) is 4.54. The van der Waals surface area contributed by atoms with E-state index in [1.807, 2.05) is 47.4 Å². The average molecular weight is 457 g/mol. The van der Waals surface area contributed by atoms with Crippen molar-refractivity contribution in [3.8, 4) is 22.5 Å². The lowest BCUT2D eigenvalue weighted by atomic mass is 9.98. The Morgan fingerprint density at radius 1 is 0.882 bits per heavy atom. The highest BCUT2D eigenvalue weighted by Crippen LogP contribution is 2.36. The topological polar surface area (TPSA) is 62.6 Å². The van der Waals surface area contributed by atoms with Gasteiger partial charge < -0.3 is 14.6 Å². The molecule has 0 bridgehead atoms. The maximum absolute atomic E-state index is 13.4. The predicted molar refractivity (Wildman–Crippen MR) is 130 cm³/mol. The lowest BCUT2D eigenvalue weighted by molar-refractivity contribution is 0.0724. The quantitative estimate of drug-likeness (QED) is 0.416. The summed E-state index contributed by atoms with van der Waals surface area (Å²) in [4.78, 5) is 27.7. The predicted octanol–water partition coefficient (Wildman–Crippen LogP) is 5.89. The number of likely N-dealkylation sites (tertiary alicyclic amines) is 1. The number of carbonyl (C=O) groups is 2. The van der Waals surface area contributed by atoms with Crippen LogP contribution in [0.25, 0.3) is 33.4 Å². The molecule has 2 heterocycles. The van der Waals surface area contributed by atoms with E-state index in [1.165, 1.54) is 18.6 Å². The van der Waals surface area contributed by atoms with E-state index in [0.717, 1.165) is 37.1 Å². The molecule has 0 unspecified atom stereocenters. The van der Waals surface area contributed by atoms with Gasteiger partial charge in [0.1, 0.15) is 17.2 Å². The van der Waals surface area contributed by atoms with Crippen molar-refractivity contribution in [1.29, 1.82) is 0 Å². The first-order valence-electron chi connectivity index (χ1n) is 11.5. The largest absolute Gasteiger partial charge is 0.455 e. The molecule has 5 rings (SSSR count). The van der Waals surface area contributed by atoms with Crippen LogP contribution >= 0.6 is 0 Å². The standard InChI is InChI=1S/C28H25FN2O3/c1-30-27(32)25-23-17-20(10-13-24(23)34-26(25)18-8-11-22(29)12-9-18)19-6-5-7-21(16-19)28(33)31-14-3-2-4-15-31/h5-13,16-17H,2-4,14-15H2,1H3,(H,30,32). The number of piperidine rings is 1. The first-order chi connectivity index (χ1) is 16.5. The number of amides is 2. The third-order valence-electron chi connectivity index (χ3n) is 6.33. The molecule has 3 aromatic carbocycles. The molecule has 1 N–H and O–H groups in total. The van der Waals surface area contributed by atoms with E-state index < -0.39 is 0 Å². The van der Waals surface area contributed by atoms with Gasteiger partial charge >= 0.3 is 0 Å². The summed E-state index contributed by atoms with van der Waals surface area (Å²) < 4.78 is 19.5. The van der Waals surface area contributed by atoms with Crippen LogP contribution in [0.2, 0.25) is 0 Å². The smallest absolute Gasteiger partial charge is 0.255 e. The molecule has 1 aliphatic rings. The summed E-state index contributed by atoms with van der Waals surface area (Å²) in [5.41, 5.74) is 3.99. The van der Waals surface area contributed by atoms with Crippen molar-refractivity contribution in [1.82, 2.24) is 10.2 Å². The van der Waals surface area contributed by atoms with Gasteiger partial charge in [0.05, 0.1) is 5.56 Å². The fraction of sp³-hybridized carbons (Fsp3) is 0.214. The monoisotopic (exact) mass is 456 g/mol. The minimum absolute atomic E-state index is 0.0515. The third kappa shape index (κ3) is 4.07. The molecule has 1 aliphatic heterocycles. The van der Waals surface area contributed by atoms with Gasteiger partial charge in [0.15, 0.2) is 0 Å². The Balaban J connectivity index is 1.57. The maximum Gasteiger partial charge on any atom is 0.255 e. The van der Waals surface area contributed by atoms with Crippen LogP contribution in [0.15, 0.2) is 71.1 Å². The van der Waals surface area contributed by atoms with E-state index in [9.17, 15) is 14.0 Å². The van der Waals surface area contributed by atoms with Crippen molar-refractivity contribution in [2.24, 2.45) is 0 Å². The molecule has 172 valence electrons. The summed E-state index contributed by atoms with van der Waals surface area (Å²) in [7, 11) is 1.56. The van der Waals surface area contributed by atoms with Gasteiger partial charge in [0.2, 0.25) is 0 Å². The average Bonchev–Trinajstić information content (AvgIpc) is 3.27. The Bertz CT molecular complexity index is 1370. The van der Waals surface area contributed by atoms with Crippen molar-refractivity contribution in [2.75, 3.05) is 20.1 Å². The minimum Gasteiger partial charge on any atom is -0.455 e. The molecule has 0 atom stereocenters. The van der Waals surface area contributed by atoms with E-state index in [4.69, 9.17) is 4.42 Å². The van der Waals surface area contributed by atoms with Crippen LogP contribution in [0.1, 0.15) is 40.0 Å². The first kappa shape index (κ1) is 21.9. The van der Waals surface area contributed by atoms with Gasteiger partial charge in [-0.2, -0.15) is 0 Å². The fourth-order valence-corrected chi connectivity index (χ4v) is 4.54. The molecule has 4 aromatic rings. The molecule has 5 nitrogen and oxygen atoms in total. The van der Waals surface area contributed by atoms with Crippen LogP contribution in [0, 0.1) is 5.82 Å². The number of benzene rings is 3. The summed E-state index contributed by atoms with van der Waals surface area (Å²) in [5.74, 6) is -0.206. The van der Waals surface area contributed by atoms with Crippen LogP contribution in [0.3, 0.4) is 0 Å². The summed E-state index contributed by atoms with van der Waals surface area (Å²) in [6, 6.07) is 19.1. The van der Waals surface area contributed by atoms with Crippen molar-refractivity contribution in [3.63, 3.8) is 0 Å². The summed E-state index contributed by atoms with van der Waals surface area (Å²) >= 11 is 0. The van der Waals surface area contributed by atoms with Crippen molar-refractivity contribution in [3.05, 3.63) is 83.7 Å². The van der Waals surface area contributed by atoms with E-state index in [1.54, 1.807) is 19.2 Å². The second-order valence-electron chi connectivity index (χ2n) is 8.54. The molecule has 1 aromatic heterocycles. The first-order valence-corrected chi connectivity index (χ1v) is 11.5. The van der Waals surface area contributed by atoms with Gasteiger partial charge in [-0.05, 0) is 78.9 Å². The van der Waals surface area contributed by atoms with E-state index in [2.05, 4.69) is 5.32 Å². The number of hydrogen-bond donors (Lipinski definition) is 1. The number of halogens is 1. The summed E-state index contributed by atoms with van der Waals surface area (Å²) in [6.45, 7) is 1.59. The number of rotatable bonds is 4. The Labute approximate surface area is 197 Å². The highest BCUT2D eigenvalue weighted by atomic mass is 19.1. The normalized spacial score (nSPS) is 13.8. The minimum atomic E-state index is -0.359. The highest BCUT2D eigenvalue weighted by Gasteiger charge is 2.23. The van der Waals surface area contributed by atoms with Gasteiger partial charge in [0, 0.05) is 36.7 Å². The zero-order valence-corrected chi connectivity index (χ0v) is 18.9. The van der Waals surface area contributed by atoms with Crippen molar-refractivity contribution in [2.45, 2.75) is 19.3 Å². The zero-order chi connectivity index (χ0) is 23.7. The van der Waals surface area contributed by atoms with Crippen LogP contribution < -0.4 is 5.32 Å². The van der Waals surface area contributed by atoms with E-state index in [0.29, 0.717) is 33.4 Å². The number of carbonyl (C=O) groups excluding carboxylic acids is 2. The molecular formula is C28H25FN2O3. The molecule has 1 saturated heterocycles. The Morgan fingerprint density at radius 2 is 1.59 bits per heavy atom. The zero-order valence-electron chi connectivity index (χ0n) is 18.9. The molecular weight excluding hydrogens is 431 g/mol. The number of hydrogen-bond acceptors (Lipinski definition) is 3. The molecule has 6 heteroatoms. The van der Waals surface area contributed by atoms with Crippen molar-refractivity contribution >= 4 is 22.8 Å². The Morgan fingerprint density at radius 3 is 2.32 bits per heavy atom. The molecule has 0 saturated carbocycles. The van der Waals surface area contributed by atoms with Gasteiger partial charge in [-0.15, -0.1) is 0 Å². The van der Waals surface area contributed by atoms with E-state index in [-0.39, 0.29) is 17.6 Å². The van der Waals surface area contributed by atoms with Crippen LogP contribution in [0.4, 0.5) is 4.39 Å². The SMILES string of the molecule is CNC(=O)c1c(-c2ccc(F)cc2)oc2ccc(-c3cccc(C(=O)N4CCCCC4)c3)cc12. The number of fused-ring (bicyclic) bond motifs is 1. The van der Waals surface area contributed by atoms with Gasteiger partial charge in [-0.1, -0.05) is 18.2 Å². The molecule has 0 aliphatic carbocycles. The molecule has 0 radical (unpaired) electrons. The summed E-state index contributed by atoms with van der Waals surface area (Å²) in [6.07, 6.45) is 3.25. The summed E-state index contributed by atoms with van der Waals surface area (Å²) in [5, 5.41) is 3.33. The second-order valence-corrected chi connectivity index (χ2v) is 8.54. The van der Waals surface area contributed by atoms with Crippen LogP contribution in [-0.2, 0) is 0 Å². The number of furan rings is 1. The van der Waals surface area contributed by atoms with Gasteiger partial charge in [0.25, 0.3) is 11.8 Å².